The first-order chi connectivity index (χ1) is 44.1. The Bertz CT molecular complexity index is 3220. The standard InChI is InChI=1S/C63H87N13O15S.3ClH/c1-34-31-76-53(54(34)83)59(88)66-30-42(78)28-44(67-55(84)38-9-11-39(12-10-38)60-71-72-61(92-60)40-13-15-41(16-14-40)74-23-21-73(22-24-74)32-36-6-4-3-5-7-36)56(85)68-50(35(2)77)62(89)75-33-43(79)29-45(75)57(86)69-51(58(87)70-52(63(76)90)47(81)18-19-64)48(82)26-37-8-17-46(80)49(27-37)91-25-20-65;;;/h8-17,27,34-36,42-45,47-48,50-54,77-83H,3-7,18-26,28-33,64-65H2,1-2H3,(H,66,88)(H,67,84)(H,68,85)(H,69,86)(H,70,87);3*1H/t34-,35+,42+,43+,44-,45-,47+,48+,50-,51-,52-,53-,54-;;;/m0.../s1. The Kier molecular flexibility index (Phi) is 29.0. The van der Waals surface area contributed by atoms with Crippen molar-refractivity contribution >= 4 is 95.6 Å². The molecule has 9 rings (SSSR count). The maximum absolute atomic E-state index is 14.7. The molecule has 524 valence electrons. The molecular weight excluding hydrogens is 1320 g/mol. The van der Waals surface area contributed by atoms with E-state index in [1.54, 1.807) is 19.1 Å². The zero-order chi connectivity index (χ0) is 65.9. The van der Waals surface area contributed by atoms with Crippen LogP contribution in [0.5, 0.6) is 11.5 Å². The van der Waals surface area contributed by atoms with Crippen LogP contribution in [-0.2, 0) is 35.2 Å². The van der Waals surface area contributed by atoms with E-state index in [9.17, 15) is 69.3 Å². The second-order valence-corrected chi connectivity index (χ2v) is 25.8. The Morgan fingerprint density at radius 1 is 0.716 bits per heavy atom. The minimum atomic E-state index is -2.04. The minimum absolute atomic E-state index is 0. The van der Waals surface area contributed by atoms with Crippen LogP contribution >= 0.6 is 48.6 Å². The average molecular weight is 1410 g/mol. The molecule has 0 unspecified atom stereocenters. The Morgan fingerprint density at radius 2 is 1.34 bits per heavy atom. The number of phenolic OH excluding ortho intramolecular Hbond substituents is 1. The molecule has 7 amide bonds. The Morgan fingerprint density at radius 3 is 1.97 bits per heavy atom. The fraction of sp³-hybridized carbons (Fsp3) is 0.571. The molecule has 0 radical (unpaired) electrons. The maximum Gasteiger partial charge on any atom is 0.251 e. The van der Waals surface area contributed by atoms with Crippen LogP contribution in [0, 0.1) is 11.8 Å². The van der Waals surface area contributed by atoms with Crippen molar-refractivity contribution in [2.75, 3.05) is 77.0 Å². The summed E-state index contributed by atoms with van der Waals surface area (Å²) in [5.74, 6) is -7.79. The molecule has 4 aliphatic heterocycles. The van der Waals surface area contributed by atoms with Gasteiger partial charge in [0.15, 0.2) is 11.5 Å². The summed E-state index contributed by atoms with van der Waals surface area (Å²) in [5.41, 5.74) is 14.4. The molecule has 0 bridgehead atoms. The van der Waals surface area contributed by atoms with Gasteiger partial charge in [-0.15, -0.1) is 47.4 Å². The van der Waals surface area contributed by atoms with E-state index in [0.29, 0.717) is 15.6 Å². The molecular formula is C63H90Cl3N13O15S. The van der Waals surface area contributed by atoms with Gasteiger partial charge in [0.25, 0.3) is 5.91 Å². The van der Waals surface area contributed by atoms with Crippen molar-refractivity contribution in [2.45, 2.75) is 145 Å². The van der Waals surface area contributed by atoms with Gasteiger partial charge in [-0.2, -0.15) is 0 Å². The van der Waals surface area contributed by atoms with Crippen molar-refractivity contribution in [3.63, 3.8) is 0 Å². The SMILES string of the molecule is C[C@@H](O)[C@@H]1NC(=O)[C@@H](NC(=O)c2ccc(-c3nnc(-c4ccc(N5CCN(CC6CCCCC6)CC5)cc4)s3)cc2)C[C@@H](O)CNC(=O)[C@@H]2[C@@H](O)[C@@H](C)CN2C(=O)[C@H]([C@H](O)CCN)NC(=O)[C@H]([C@H](O)Cc2ccc(O)c(OCCN)c2)NC(=O)[C@@H]2C[C@@H](O)CN2C1=O.Cl.Cl.Cl. The maximum atomic E-state index is 14.7. The van der Waals surface area contributed by atoms with Gasteiger partial charge in [-0.25, -0.2) is 0 Å². The molecule has 5 aliphatic rings. The van der Waals surface area contributed by atoms with Gasteiger partial charge in [0.05, 0.1) is 36.6 Å². The number of fused-ring (bicyclic) bond motifs is 2. The summed E-state index contributed by atoms with van der Waals surface area (Å²) in [6, 6.07) is 7.59. The van der Waals surface area contributed by atoms with E-state index in [1.165, 1.54) is 80.3 Å². The number of benzene rings is 3. The van der Waals surface area contributed by atoms with Gasteiger partial charge in [-0.1, -0.05) is 55.7 Å². The predicted octanol–water partition coefficient (Wildman–Crippen LogP) is -0.820. The number of rotatable bonds is 17. The van der Waals surface area contributed by atoms with Crippen molar-refractivity contribution in [1.29, 1.82) is 0 Å². The lowest BCUT2D eigenvalue weighted by molar-refractivity contribution is -0.147. The number of nitrogens with one attached hydrogen (secondary N) is 5. The number of carbonyl (C=O) groups is 7. The molecule has 4 aromatic rings. The van der Waals surface area contributed by atoms with Gasteiger partial charge in [0.1, 0.15) is 52.9 Å². The third kappa shape index (κ3) is 19.4. The molecule has 1 aliphatic carbocycles. The van der Waals surface area contributed by atoms with Crippen LogP contribution in [0.1, 0.15) is 81.1 Å². The lowest BCUT2D eigenvalue weighted by Crippen LogP contribution is -2.64. The quantitative estimate of drug-likeness (QED) is 0.0614. The lowest BCUT2D eigenvalue weighted by Gasteiger charge is -2.38. The van der Waals surface area contributed by atoms with Crippen molar-refractivity contribution in [2.24, 2.45) is 23.3 Å². The number of hydrogen-bond acceptors (Lipinski definition) is 22. The predicted molar refractivity (Wildman–Crippen MR) is 359 cm³/mol. The number of anilines is 1. The molecule has 3 aromatic carbocycles. The molecule has 13 atom stereocenters. The summed E-state index contributed by atoms with van der Waals surface area (Å²) in [6.45, 7) is 6.27. The molecule has 16 N–H and O–H groups in total. The fourth-order valence-electron chi connectivity index (χ4n) is 12.8. The lowest BCUT2D eigenvalue weighted by atomic mass is 9.89. The summed E-state index contributed by atoms with van der Waals surface area (Å²) >= 11 is 1.36. The van der Waals surface area contributed by atoms with Crippen LogP contribution in [0.25, 0.3) is 21.1 Å². The number of nitrogens with zero attached hydrogens (tertiary/aromatic N) is 6. The number of ether oxygens (including phenoxy) is 1. The summed E-state index contributed by atoms with van der Waals surface area (Å²) in [4.78, 5) is 108. The molecule has 1 saturated carbocycles. The highest BCUT2D eigenvalue weighted by Gasteiger charge is 2.50. The third-order valence-electron chi connectivity index (χ3n) is 18.0. The van der Waals surface area contributed by atoms with E-state index < -0.39 is 152 Å². The van der Waals surface area contributed by atoms with Gasteiger partial charge in [-0.3, -0.25) is 38.5 Å². The molecule has 1 aromatic heterocycles. The minimum Gasteiger partial charge on any atom is -0.504 e. The molecule has 4 saturated heterocycles. The molecule has 5 heterocycles. The number of phenols is 1. The van der Waals surface area contributed by atoms with Gasteiger partial charge >= 0.3 is 0 Å². The summed E-state index contributed by atoms with van der Waals surface area (Å²) in [6.07, 6.45) is -5.11. The highest BCUT2D eigenvalue weighted by molar-refractivity contribution is 7.17. The van der Waals surface area contributed by atoms with Crippen LogP contribution in [0.15, 0.2) is 66.7 Å². The number of aromatic hydroxyl groups is 1. The normalized spacial score (nSPS) is 26.3. The van der Waals surface area contributed by atoms with E-state index in [4.69, 9.17) is 16.2 Å². The fourth-order valence-corrected chi connectivity index (χ4v) is 13.6. The topological polar surface area (TPSA) is 421 Å². The molecule has 28 nitrogen and oxygen atoms in total. The van der Waals surface area contributed by atoms with Crippen LogP contribution in [0.3, 0.4) is 0 Å². The number of aliphatic hydroxyl groups excluding tert-OH is 6. The Hall–Kier alpha value is -6.58. The van der Waals surface area contributed by atoms with Crippen molar-refractivity contribution in [1.82, 2.24) is 51.5 Å². The zero-order valence-electron chi connectivity index (χ0n) is 52.9. The summed E-state index contributed by atoms with van der Waals surface area (Å²) in [7, 11) is 0. The smallest absolute Gasteiger partial charge is 0.251 e. The van der Waals surface area contributed by atoms with Crippen LogP contribution in [-0.4, -0.2) is 247 Å². The summed E-state index contributed by atoms with van der Waals surface area (Å²) < 4.78 is 5.52. The van der Waals surface area contributed by atoms with Crippen LogP contribution < -0.4 is 47.7 Å². The Labute approximate surface area is 573 Å². The molecule has 32 heteroatoms. The second kappa shape index (κ2) is 35.6. The third-order valence-corrected chi connectivity index (χ3v) is 19.0. The van der Waals surface area contributed by atoms with E-state index in [0.717, 1.165) is 60.1 Å². The second-order valence-electron chi connectivity index (χ2n) is 24.8. The first-order valence-electron chi connectivity index (χ1n) is 31.7. The number of hydrogen-bond donors (Lipinski definition) is 14. The van der Waals surface area contributed by atoms with E-state index in [2.05, 4.69) is 58.7 Å². The largest absolute Gasteiger partial charge is 0.504 e. The van der Waals surface area contributed by atoms with E-state index in [-0.39, 0.29) is 92.5 Å². The van der Waals surface area contributed by atoms with Crippen molar-refractivity contribution in [3.8, 4) is 32.6 Å². The summed E-state index contributed by atoms with van der Waals surface area (Å²) in [5, 5.41) is 102. The van der Waals surface area contributed by atoms with Gasteiger partial charge in [-0.05, 0) is 92.7 Å². The zero-order valence-corrected chi connectivity index (χ0v) is 56.2. The molecule has 95 heavy (non-hydrogen) atoms. The van der Waals surface area contributed by atoms with Crippen LogP contribution in [0.2, 0.25) is 0 Å². The van der Waals surface area contributed by atoms with E-state index in [1.807, 2.05) is 12.1 Å². The van der Waals surface area contributed by atoms with Gasteiger partial charge in [0, 0.05) is 106 Å². The highest BCUT2D eigenvalue weighted by atomic mass is 35.5. The van der Waals surface area contributed by atoms with Crippen molar-refractivity contribution < 1.29 is 74.0 Å². The van der Waals surface area contributed by atoms with Crippen molar-refractivity contribution in [3.05, 3.63) is 77.9 Å². The number of nitrogens with two attached hydrogens (primary N) is 2. The number of aliphatic hydroxyl groups is 6. The number of halogens is 3. The van der Waals surface area contributed by atoms with E-state index >= 15 is 0 Å². The first kappa shape index (κ1) is 77.4. The monoisotopic (exact) mass is 1410 g/mol. The van der Waals surface area contributed by atoms with Gasteiger partial charge < -0.3 is 93.2 Å². The Balaban J connectivity index is 0.00000476. The van der Waals surface area contributed by atoms with Gasteiger partial charge in [0.2, 0.25) is 35.4 Å². The molecule has 5 fully saturated rings. The number of aromatic nitrogens is 2. The van der Waals surface area contributed by atoms with Crippen LogP contribution in [0.4, 0.5) is 5.69 Å². The highest BCUT2D eigenvalue weighted by Crippen LogP contribution is 2.34. The molecule has 0 spiro atoms. The number of piperazine rings is 1. The number of amides is 7. The first-order valence-corrected chi connectivity index (χ1v) is 32.5. The number of carbonyl (C=O) groups excluding carboxylic acids is 7. The average Bonchev–Trinajstić information content (AvgIpc) is 1.70. The number of β-amino-alcohol motifs (C(OH)–C–C–N with tert-alkyl or cyclic N) is 1.